The molecule has 0 atom stereocenters. The number of nitrogens with two attached hydrogens (primary N) is 1. The van der Waals surface area contributed by atoms with Crippen LogP contribution in [0.1, 0.15) is 0 Å². The number of ether oxygens (including phenoxy) is 1. The first-order valence-corrected chi connectivity index (χ1v) is 5.85. The monoisotopic (exact) mass is 231 g/mol. The zero-order valence-electron chi connectivity index (χ0n) is 7.91. The second kappa shape index (κ2) is 7.12. The van der Waals surface area contributed by atoms with Crippen molar-refractivity contribution in [3.8, 4) is 0 Å². The summed E-state index contributed by atoms with van der Waals surface area (Å²) in [7, 11) is 0. The molecule has 78 valence electrons. The lowest BCUT2D eigenvalue weighted by molar-refractivity contribution is 0.158. The van der Waals surface area contributed by atoms with Crippen LogP contribution >= 0.6 is 23.4 Å². The highest BCUT2D eigenvalue weighted by Gasteiger charge is 1.93. The van der Waals surface area contributed by atoms with E-state index in [4.69, 9.17) is 22.1 Å². The van der Waals surface area contributed by atoms with E-state index in [0.29, 0.717) is 13.2 Å². The van der Waals surface area contributed by atoms with E-state index in [-0.39, 0.29) is 0 Å². The molecule has 0 unspecified atom stereocenters. The SMILES string of the molecule is NCCOCCSc1ccc(Cl)cc1. The number of rotatable bonds is 6. The van der Waals surface area contributed by atoms with E-state index in [0.717, 1.165) is 17.4 Å². The molecule has 0 saturated heterocycles. The summed E-state index contributed by atoms with van der Waals surface area (Å²) in [6, 6.07) is 7.81. The molecule has 2 nitrogen and oxygen atoms in total. The normalized spacial score (nSPS) is 10.4. The van der Waals surface area contributed by atoms with Crippen LogP contribution in [0.3, 0.4) is 0 Å². The fraction of sp³-hybridized carbons (Fsp3) is 0.400. The van der Waals surface area contributed by atoms with E-state index < -0.39 is 0 Å². The minimum atomic E-state index is 0.589. The topological polar surface area (TPSA) is 35.2 Å². The van der Waals surface area contributed by atoms with E-state index in [1.54, 1.807) is 11.8 Å². The molecule has 0 fully saturated rings. The van der Waals surface area contributed by atoms with Crippen molar-refractivity contribution in [2.75, 3.05) is 25.5 Å². The van der Waals surface area contributed by atoms with Crippen LogP contribution in [-0.2, 0) is 4.74 Å². The number of halogens is 1. The summed E-state index contributed by atoms with van der Waals surface area (Å²) in [6.45, 7) is 1.97. The summed E-state index contributed by atoms with van der Waals surface area (Å²) in [5.74, 6) is 0.946. The van der Waals surface area contributed by atoms with Crippen molar-refractivity contribution in [2.45, 2.75) is 4.90 Å². The summed E-state index contributed by atoms with van der Waals surface area (Å²) in [5, 5.41) is 0.772. The number of hydrogen-bond acceptors (Lipinski definition) is 3. The van der Waals surface area contributed by atoms with Gasteiger partial charge in [-0.2, -0.15) is 0 Å². The van der Waals surface area contributed by atoms with Crippen LogP contribution in [0.15, 0.2) is 29.2 Å². The maximum Gasteiger partial charge on any atom is 0.0589 e. The van der Waals surface area contributed by atoms with Crippen molar-refractivity contribution in [3.05, 3.63) is 29.3 Å². The van der Waals surface area contributed by atoms with Crippen molar-refractivity contribution in [2.24, 2.45) is 5.73 Å². The van der Waals surface area contributed by atoms with Crippen molar-refractivity contribution in [3.63, 3.8) is 0 Å². The Balaban J connectivity index is 2.15. The lowest BCUT2D eigenvalue weighted by Crippen LogP contribution is -2.09. The Kier molecular flexibility index (Phi) is 6.03. The Morgan fingerprint density at radius 2 is 1.93 bits per heavy atom. The molecule has 1 aromatic rings. The third kappa shape index (κ3) is 4.86. The fourth-order valence-corrected chi connectivity index (χ4v) is 1.83. The van der Waals surface area contributed by atoms with Crippen LogP contribution in [0.5, 0.6) is 0 Å². The minimum Gasteiger partial charge on any atom is -0.379 e. The Morgan fingerprint density at radius 1 is 1.21 bits per heavy atom. The van der Waals surface area contributed by atoms with Gasteiger partial charge in [0.1, 0.15) is 0 Å². The second-order valence-electron chi connectivity index (χ2n) is 2.70. The quantitative estimate of drug-likeness (QED) is 0.603. The predicted molar refractivity (Wildman–Crippen MR) is 62.0 cm³/mol. The van der Waals surface area contributed by atoms with Gasteiger partial charge in [-0.05, 0) is 24.3 Å². The maximum absolute atomic E-state index is 5.77. The van der Waals surface area contributed by atoms with Gasteiger partial charge in [-0.25, -0.2) is 0 Å². The molecule has 0 spiro atoms. The largest absolute Gasteiger partial charge is 0.379 e. The smallest absolute Gasteiger partial charge is 0.0589 e. The summed E-state index contributed by atoms with van der Waals surface area (Å²) < 4.78 is 5.26. The highest BCUT2D eigenvalue weighted by atomic mass is 35.5. The molecule has 2 N–H and O–H groups in total. The molecule has 0 radical (unpaired) electrons. The van der Waals surface area contributed by atoms with E-state index in [2.05, 4.69) is 0 Å². The molecule has 0 amide bonds. The van der Waals surface area contributed by atoms with Gasteiger partial charge in [0.15, 0.2) is 0 Å². The molecule has 0 aromatic heterocycles. The first-order chi connectivity index (χ1) is 6.83. The molecule has 1 aromatic carbocycles. The van der Waals surface area contributed by atoms with Crippen molar-refractivity contribution < 1.29 is 4.74 Å². The predicted octanol–water partition coefficient (Wildman–Crippen LogP) is 2.41. The maximum atomic E-state index is 5.77. The van der Waals surface area contributed by atoms with Gasteiger partial charge in [-0.1, -0.05) is 11.6 Å². The number of thioether (sulfide) groups is 1. The van der Waals surface area contributed by atoms with Gasteiger partial charge in [0.2, 0.25) is 0 Å². The molecule has 14 heavy (non-hydrogen) atoms. The average molecular weight is 232 g/mol. The Morgan fingerprint density at radius 3 is 2.57 bits per heavy atom. The molecule has 0 saturated carbocycles. The summed E-state index contributed by atoms with van der Waals surface area (Å²) in [4.78, 5) is 1.21. The highest BCUT2D eigenvalue weighted by molar-refractivity contribution is 7.99. The zero-order chi connectivity index (χ0) is 10.2. The van der Waals surface area contributed by atoms with Crippen molar-refractivity contribution in [1.29, 1.82) is 0 Å². The summed E-state index contributed by atoms with van der Waals surface area (Å²) >= 11 is 7.52. The van der Waals surface area contributed by atoms with Gasteiger partial charge in [-0.15, -0.1) is 11.8 Å². The van der Waals surface area contributed by atoms with Gasteiger partial charge < -0.3 is 10.5 Å². The molecule has 0 aliphatic heterocycles. The lowest BCUT2D eigenvalue weighted by atomic mass is 10.4. The van der Waals surface area contributed by atoms with Gasteiger partial charge in [0, 0.05) is 22.2 Å². The first kappa shape index (κ1) is 11.9. The Labute approximate surface area is 93.8 Å². The molecule has 4 heteroatoms. The molecule has 0 aliphatic rings. The van der Waals surface area contributed by atoms with Crippen molar-refractivity contribution >= 4 is 23.4 Å². The fourth-order valence-electron chi connectivity index (χ4n) is 0.935. The van der Waals surface area contributed by atoms with E-state index in [9.17, 15) is 0 Å². The standard InChI is InChI=1S/C10H14ClNOS/c11-9-1-3-10(4-2-9)14-8-7-13-6-5-12/h1-4H,5-8,12H2. The van der Waals surface area contributed by atoms with Crippen LogP contribution in [-0.4, -0.2) is 25.5 Å². The molecule has 1 rings (SSSR count). The van der Waals surface area contributed by atoms with E-state index in [1.165, 1.54) is 4.90 Å². The van der Waals surface area contributed by atoms with E-state index >= 15 is 0 Å². The van der Waals surface area contributed by atoms with Gasteiger partial charge in [-0.3, -0.25) is 0 Å². The highest BCUT2D eigenvalue weighted by Crippen LogP contribution is 2.19. The lowest BCUT2D eigenvalue weighted by Gasteiger charge is -2.02. The zero-order valence-corrected chi connectivity index (χ0v) is 9.48. The molecule has 0 heterocycles. The third-order valence-electron chi connectivity index (χ3n) is 1.57. The third-order valence-corrected chi connectivity index (χ3v) is 2.80. The van der Waals surface area contributed by atoms with Gasteiger partial charge in [0.05, 0.1) is 13.2 Å². The first-order valence-electron chi connectivity index (χ1n) is 4.49. The molecule has 0 bridgehead atoms. The summed E-state index contributed by atoms with van der Waals surface area (Å²) in [5.41, 5.74) is 5.29. The van der Waals surface area contributed by atoms with Crippen LogP contribution in [0.2, 0.25) is 5.02 Å². The Hall–Kier alpha value is -0.220. The van der Waals surface area contributed by atoms with Crippen LogP contribution in [0.4, 0.5) is 0 Å². The number of benzene rings is 1. The Bertz CT molecular complexity index is 253. The van der Waals surface area contributed by atoms with Gasteiger partial charge in [0.25, 0.3) is 0 Å². The van der Waals surface area contributed by atoms with Crippen LogP contribution in [0.25, 0.3) is 0 Å². The van der Waals surface area contributed by atoms with Gasteiger partial charge >= 0.3 is 0 Å². The van der Waals surface area contributed by atoms with Crippen LogP contribution < -0.4 is 5.73 Å². The molecular formula is C10H14ClNOS. The summed E-state index contributed by atoms with van der Waals surface area (Å²) in [6.07, 6.45) is 0. The minimum absolute atomic E-state index is 0.589. The van der Waals surface area contributed by atoms with E-state index in [1.807, 2.05) is 24.3 Å². The van der Waals surface area contributed by atoms with Crippen molar-refractivity contribution in [1.82, 2.24) is 0 Å². The average Bonchev–Trinajstić information content (AvgIpc) is 2.21. The van der Waals surface area contributed by atoms with Crippen LogP contribution in [0, 0.1) is 0 Å². The molecular weight excluding hydrogens is 218 g/mol. The molecule has 0 aliphatic carbocycles. The number of hydrogen-bond donors (Lipinski definition) is 1. The second-order valence-corrected chi connectivity index (χ2v) is 4.31.